The highest BCUT2D eigenvalue weighted by Gasteiger charge is 1.92. The zero-order chi connectivity index (χ0) is 9.56. The zero-order valence-corrected chi connectivity index (χ0v) is 7.76. The van der Waals surface area contributed by atoms with E-state index in [9.17, 15) is 0 Å². The van der Waals surface area contributed by atoms with Gasteiger partial charge >= 0.3 is 0 Å². The van der Waals surface area contributed by atoms with Crippen molar-refractivity contribution < 1.29 is 5.11 Å². The molecule has 0 saturated carbocycles. The molecule has 0 bridgehead atoms. The molecule has 0 atom stereocenters. The minimum atomic E-state index is 0.241. The molecule has 0 saturated heterocycles. The van der Waals surface area contributed by atoms with E-state index in [2.05, 4.69) is 0 Å². The van der Waals surface area contributed by atoms with Crippen LogP contribution in [0.15, 0.2) is 24.3 Å². The molecule has 0 amide bonds. The minimum Gasteiger partial charge on any atom is -0.508 e. The molecule has 2 N–H and O–H groups in total. The quantitative estimate of drug-likeness (QED) is 0.617. The molecule has 0 aliphatic carbocycles. The van der Waals surface area contributed by atoms with Crippen molar-refractivity contribution in [1.29, 1.82) is 5.41 Å². The highest BCUT2D eigenvalue weighted by atomic mass is 16.3. The molecule has 2 nitrogen and oxygen atoms in total. The van der Waals surface area contributed by atoms with E-state index in [1.165, 1.54) is 0 Å². The Balaban J connectivity index is 0.000000561. The standard InChI is InChI=1S/C8H9NO.C2H6/c1-6(9)7-2-4-8(10)5-3-7;1-2/h2-5,9-10H,1H3;1-2H3. The van der Waals surface area contributed by atoms with E-state index in [0.29, 0.717) is 5.71 Å². The second kappa shape index (κ2) is 5.35. The third-order valence-corrected chi connectivity index (χ3v) is 1.30. The van der Waals surface area contributed by atoms with Crippen LogP contribution in [0, 0.1) is 5.41 Å². The Morgan fingerprint density at radius 2 is 1.58 bits per heavy atom. The van der Waals surface area contributed by atoms with Crippen LogP contribution in [0.1, 0.15) is 26.3 Å². The van der Waals surface area contributed by atoms with Gasteiger partial charge in [0.1, 0.15) is 5.75 Å². The lowest BCUT2D eigenvalue weighted by atomic mass is 10.1. The monoisotopic (exact) mass is 165 g/mol. The number of nitrogens with one attached hydrogen (secondary N) is 1. The van der Waals surface area contributed by atoms with Crippen LogP contribution >= 0.6 is 0 Å². The molecule has 0 radical (unpaired) electrons. The van der Waals surface area contributed by atoms with Crippen molar-refractivity contribution in [2.75, 3.05) is 0 Å². The van der Waals surface area contributed by atoms with Gasteiger partial charge in [-0.2, -0.15) is 0 Å². The molecule has 0 heterocycles. The zero-order valence-electron chi connectivity index (χ0n) is 7.76. The van der Waals surface area contributed by atoms with Crippen molar-refractivity contribution in [1.82, 2.24) is 0 Å². The lowest BCUT2D eigenvalue weighted by Crippen LogP contribution is -1.89. The molecule has 2 heteroatoms. The molecule has 0 spiro atoms. The normalized spacial score (nSPS) is 8.25. The van der Waals surface area contributed by atoms with Gasteiger partial charge in [0.25, 0.3) is 0 Å². The number of aromatic hydroxyl groups is 1. The van der Waals surface area contributed by atoms with Crippen LogP contribution in [0.3, 0.4) is 0 Å². The largest absolute Gasteiger partial charge is 0.508 e. The molecular formula is C10H15NO. The summed E-state index contributed by atoms with van der Waals surface area (Å²) in [6.07, 6.45) is 0. The van der Waals surface area contributed by atoms with Gasteiger partial charge in [0.15, 0.2) is 0 Å². The van der Waals surface area contributed by atoms with E-state index in [0.717, 1.165) is 5.56 Å². The Kier molecular flexibility index (Phi) is 4.77. The first-order chi connectivity index (χ1) is 5.70. The van der Waals surface area contributed by atoms with Gasteiger partial charge in [0, 0.05) is 5.71 Å². The van der Waals surface area contributed by atoms with Crippen molar-refractivity contribution >= 4 is 5.71 Å². The first kappa shape index (κ1) is 10.7. The summed E-state index contributed by atoms with van der Waals surface area (Å²) >= 11 is 0. The second-order valence-corrected chi connectivity index (χ2v) is 2.17. The maximum Gasteiger partial charge on any atom is 0.115 e. The average molecular weight is 165 g/mol. The van der Waals surface area contributed by atoms with E-state index in [1.54, 1.807) is 31.2 Å². The van der Waals surface area contributed by atoms with Gasteiger partial charge in [0.2, 0.25) is 0 Å². The average Bonchev–Trinajstić information content (AvgIpc) is 2.09. The minimum absolute atomic E-state index is 0.241. The van der Waals surface area contributed by atoms with Crippen LogP contribution in [0.2, 0.25) is 0 Å². The van der Waals surface area contributed by atoms with Gasteiger partial charge in [-0.15, -0.1) is 0 Å². The Morgan fingerprint density at radius 1 is 1.17 bits per heavy atom. The van der Waals surface area contributed by atoms with Gasteiger partial charge in [-0.25, -0.2) is 0 Å². The number of phenolic OH excluding ortho intramolecular Hbond substituents is 1. The molecule has 1 aromatic carbocycles. The number of benzene rings is 1. The number of rotatable bonds is 1. The molecule has 12 heavy (non-hydrogen) atoms. The predicted molar refractivity (Wildman–Crippen MR) is 52.0 cm³/mol. The molecule has 0 aliphatic rings. The summed E-state index contributed by atoms with van der Waals surface area (Å²) in [5.74, 6) is 0.241. The smallest absolute Gasteiger partial charge is 0.115 e. The van der Waals surface area contributed by atoms with Gasteiger partial charge in [-0.05, 0) is 36.8 Å². The fourth-order valence-electron chi connectivity index (χ4n) is 0.711. The number of phenols is 1. The lowest BCUT2D eigenvalue weighted by Gasteiger charge is -1.95. The molecule has 66 valence electrons. The topological polar surface area (TPSA) is 44.1 Å². The van der Waals surface area contributed by atoms with Crippen molar-refractivity contribution in [2.45, 2.75) is 20.8 Å². The number of hydrogen-bond acceptors (Lipinski definition) is 2. The van der Waals surface area contributed by atoms with Crippen molar-refractivity contribution in [3.8, 4) is 5.75 Å². The Bertz CT molecular complexity index is 239. The van der Waals surface area contributed by atoms with Crippen molar-refractivity contribution in [2.24, 2.45) is 0 Å². The van der Waals surface area contributed by atoms with Crippen LogP contribution < -0.4 is 0 Å². The van der Waals surface area contributed by atoms with Crippen LogP contribution in [-0.4, -0.2) is 10.8 Å². The fraction of sp³-hybridized carbons (Fsp3) is 0.300. The first-order valence-corrected chi connectivity index (χ1v) is 4.04. The predicted octanol–water partition coefficient (Wildman–Crippen LogP) is 2.81. The highest BCUT2D eigenvalue weighted by Crippen LogP contribution is 2.09. The van der Waals surface area contributed by atoms with Crippen LogP contribution in [0.4, 0.5) is 0 Å². The summed E-state index contributed by atoms with van der Waals surface area (Å²) in [5.41, 5.74) is 1.36. The molecule has 1 aromatic rings. The molecule has 1 rings (SSSR count). The fourth-order valence-corrected chi connectivity index (χ4v) is 0.711. The van der Waals surface area contributed by atoms with Crippen molar-refractivity contribution in [3.63, 3.8) is 0 Å². The first-order valence-electron chi connectivity index (χ1n) is 4.04. The third kappa shape index (κ3) is 3.19. The van der Waals surface area contributed by atoms with Crippen LogP contribution in [-0.2, 0) is 0 Å². The lowest BCUT2D eigenvalue weighted by molar-refractivity contribution is 0.475. The molecule has 0 fully saturated rings. The van der Waals surface area contributed by atoms with Crippen LogP contribution in [0.5, 0.6) is 5.75 Å². The van der Waals surface area contributed by atoms with Crippen LogP contribution in [0.25, 0.3) is 0 Å². The maximum atomic E-state index is 8.87. The maximum absolute atomic E-state index is 8.87. The summed E-state index contributed by atoms with van der Waals surface area (Å²) in [7, 11) is 0. The highest BCUT2D eigenvalue weighted by molar-refractivity contribution is 5.96. The summed E-state index contributed by atoms with van der Waals surface area (Å²) < 4.78 is 0. The summed E-state index contributed by atoms with van der Waals surface area (Å²) in [5, 5.41) is 16.1. The Hall–Kier alpha value is -1.31. The molecule has 0 unspecified atom stereocenters. The number of hydrogen-bond donors (Lipinski definition) is 2. The molecular weight excluding hydrogens is 150 g/mol. The van der Waals surface area contributed by atoms with E-state index < -0.39 is 0 Å². The summed E-state index contributed by atoms with van der Waals surface area (Å²) in [6.45, 7) is 5.71. The summed E-state index contributed by atoms with van der Waals surface area (Å²) in [4.78, 5) is 0. The van der Waals surface area contributed by atoms with E-state index >= 15 is 0 Å². The SMILES string of the molecule is CC.CC(=N)c1ccc(O)cc1. The van der Waals surface area contributed by atoms with E-state index in [4.69, 9.17) is 10.5 Å². The second-order valence-electron chi connectivity index (χ2n) is 2.17. The van der Waals surface area contributed by atoms with Gasteiger partial charge < -0.3 is 10.5 Å². The molecule has 0 aliphatic heterocycles. The van der Waals surface area contributed by atoms with Crippen molar-refractivity contribution in [3.05, 3.63) is 29.8 Å². The van der Waals surface area contributed by atoms with Gasteiger partial charge in [0.05, 0.1) is 0 Å². The van der Waals surface area contributed by atoms with E-state index in [1.807, 2.05) is 13.8 Å². The van der Waals surface area contributed by atoms with Gasteiger partial charge in [-0.3, -0.25) is 0 Å². The third-order valence-electron chi connectivity index (χ3n) is 1.30. The Morgan fingerprint density at radius 3 is 1.92 bits per heavy atom. The summed E-state index contributed by atoms with van der Waals surface area (Å²) in [6, 6.07) is 6.59. The molecule has 0 aromatic heterocycles. The van der Waals surface area contributed by atoms with Gasteiger partial charge in [-0.1, -0.05) is 13.8 Å². The van der Waals surface area contributed by atoms with E-state index in [-0.39, 0.29) is 5.75 Å². The Labute approximate surface area is 73.4 Å².